The zero-order chi connectivity index (χ0) is 18.2. The molecule has 0 bridgehead atoms. The van der Waals surface area contributed by atoms with Crippen LogP contribution in [0.15, 0.2) is 36.5 Å². The van der Waals surface area contributed by atoms with Crippen LogP contribution in [0.1, 0.15) is 11.4 Å². The number of nitro benzene ring substituents is 1. The van der Waals surface area contributed by atoms with Gasteiger partial charge in [-0.1, -0.05) is 17.7 Å². The minimum Gasteiger partial charge on any atom is -0.372 e. The van der Waals surface area contributed by atoms with Crippen LogP contribution in [0.4, 0.5) is 24.5 Å². The molecule has 0 fully saturated rings. The van der Waals surface area contributed by atoms with E-state index in [1.54, 1.807) is 28.8 Å². The van der Waals surface area contributed by atoms with Gasteiger partial charge in [0, 0.05) is 12.3 Å². The average molecular weight is 372 g/mol. The number of nitrogens with one attached hydrogen (secondary N) is 1. The molecule has 0 saturated heterocycles. The molecule has 130 valence electrons. The van der Waals surface area contributed by atoms with Gasteiger partial charge in [0.25, 0.3) is 5.69 Å². The first-order chi connectivity index (χ1) is 11.8. The molecule has 1 aromatic carbocycles. The Hall–Kier alpha value is -2.88. The van der Waals surface area contributed by atoms with E-state index in [2.05, 4.69) is 15.5 Å². The van der Waals surface area contributed by atoms with Crippen LogP contribution in [0.5, 0.6) is 0 Å². The normalized spacial score (nSPS) is 11.7. The van der Waals surface area contributed by atoms with E-state index in [1.165, 1.54) is 0 Å². The summed E-state index contributed by atoms with van der Waals surface area (Å²) in [7, 11) is 0. The predicted octanol–water partition coefficient (Wildman–Crippen LogP) is 3.92. The van der Waals surface area contributed by atoms with Crippen LogP contribution in [0.2, 0.25) is 5.02 Å². The number of halogens is 4. The summed E-state index contributed by atoms with van der Waals surface area (Å²) in [4.78, 5) is 10.2. The van der Waals surface area contributed by atoms with E-state index in [9.17, 15) is 23.3 Å². The number of benzene rings is 1. The zero-order valence-corrected chi connectivity index (χ0v) is 13.0. The zero-order valence-electron chi connectivity index (χ0n) is 12.3. The van der Waals surface area contributed by atoms with E-state index in [0.29, 0.717) is 17.5 Å². The summed E-state index contributed by atoms with van der Waals surface area (Å²) < 4.78 is 40.2. The molecule has 3 rings (SSSR count). The topological polar surface area (TPSA) is 85.4 Å². The summed E-state index contributed by atoms with van der Waals surface area (Å²) in [6.07, 6.45) is -3.09. The first-order valence-corrected chi connectivity index (χ1v) is 7.23. The third-order valence-corrected chi connectivity index (χ3v) is 3.72. The molecule has 0 amide bonds. The number of nitrogens with zero attached hydrogens (tertiary/aromatic N) is 4. The van der Waals surface area contributed by atoms with E-state index in [-0.39, 0.29) is 12.2 Å². The van der Waals surface area contributed by atoms with Crippen molar-refractivity contribution < 1.29 is 18.1 Å². The lowest BCUT2D eigenvalue weighted by Crippen LogP contribution is -2.10. The highest BCUT2D eigenvalue weighted by Crippen LogP contribution is 2.40. The lowest BCUT2D eigenvalue weighted by molar-refractivity contribution is -0.384. The van der Waals surface area contributed by atoms with Crippen LogP contribution < -0.4 is 5.32 Å². The van der Waals surface area contributed by atoms with Crippen LogP contribution in [-0.2, 0) is 12.7 Å². The number of pyridine rings is 1. The van der Waals surface area contributed by atoms with E-state index >= 15 is 0 Å². The highest BCUT2D eigenvalue weighted by Gasteiger charge is 2.36. The maximum atomic E-state index is 12.9. The molecule has 0 unspecified atom stereocenters. The summed E-state index contributed by atoms with van der Waals surface area (Å²) in [6, 6.07) is 6.52. The van der Waals surface area contributed by atoms with Gasteiger partial charge in [-0.15, -0.1) is 10.2 Å². The molecule has 0 aliphatic carbocycles. The summed E-state index contributed by atoms with van der Waals surface area (Å²) in [5.74, 6) is 0.431. The Morgan fingerprint density at radius 2 is 2.04 bits per heavy atom. The van der Waals surface area contributed by atoms with Gasteiger partial charge in [-0.3, -0.25) is 14.5 Å². The van der Waals surface area contributed by atoms with Crippen molar-refractivity contribution in [3.8, 4) is 0 Å². The molecule has 2 heterocycles. The fourth-order valence-corrected chi connectivity index (χ4v) is 2.53. The molecular weight excluding hydrogens is 363 g/mol. The molecule has 0 saturated carbocycles. The van der Waals surface area contributed by atoms with E-state index < -0.39 is 27.4 Å². The molecule has 0 aliphatic heterocycles. The summed E-state index contributed by atoms with van der Waals surface area (Å²) >= 11 is 5.63. The molecule has 11 heteroatoms. The maximum absolute atomic E-state index is 12.9. The highest BCUT2D eigenvalue weighted by molar-refractivity contribution is 6.31. The highest BCUT2D eigenvalue weighted by atomic mass is 35.5. The molecule has 0 aliphatic rings. The molecular formula is C14H9ClF3N5O2. The predicted molar refractivity (Wildman–Crippen MR) is 83.4 cm³/mol. The fraction of sp³-hybridized carbons (Fsp3) is 0.143. The standard InChI is InChI=1S/C14H9ClF3N5O2/c15-9-6-10(11(23(24)25)5-8(9)14(16,17)18)19-7-13-21-20-12-3-1-2-4-22(12)13/h1-6,19H,7H2. The number of rotatable bonds is 4. The quantitative estimate of drug-likeness (QED) is 0.555. The lowest BCUT2D eigenvalue weighted by atomic mass is 10.1. The number of hydrogen-bond donors (Lipinski definition) is 1. The molecule has 0 atom stereocenters. The van der Waals surface area contributed by atoms with Gasteiger partial charge in [-0.2, -0.15) is 13.2 Å². The molecule has 25 heavy (non-hydrogen) atoms. The van der Waals surface area contributed by atoms with Crippen molar-refractivity contribution in [2.45, 2.75) is 12.7 Å². The SMILES string of the molecule is O=[N+]([O-])c1cc(C(F)(F)F)c(Cl)cc1NCc1nnc2ccccn12. The van der Waals surface area contributed by atoms with Crippen molar-refractivity contribution in [3.63, 3.8) is 0 Å². The second kappa shape index (κ2) is 6.20. The Bertz CT molecular complexity index is 957. The van der Waals surface area contributed by atoms with Crippen molar-refractivity contribution in [2.24, 2.45) is 0 Å². The number of aromatic nitrogens is 3. The second-order valence-electron chi connectivity index (χ2n) is 5.00. The lowest BCUT2D eigenvalue weighted by Gasteiger charge is -2.12. The largest absolute Gasteiger partial charge is 0.418 e. The van der Waals surface area contributed by atoms with Crippen LogP contribution in [-0.4, -0.2) is 19.5 Å². The molecule has 2 aromatic heterocycles. The first kappa shape index (κ1) is 17.0. The van der Waals surface area contributed by atoms with Crippen molar-refractivity contribution in [2.75, 3.05) is 5.32 Å². The molecule has 0 radical (unpaired) electrons. The smallest absolute Gasteiger partial charge is 0.372 e. The summed E-state index contributed by atoms with van der Waals surface area (Å²) in [5.41, 5.74) is -1.57. The minimum absolute atomic E-state index is 0.00765. The van der Waals surface area contributed by atoms with E-state index in [1.807, 2.05) is 0 Å². The van der Waals surface area contributed by atoms with Gasteiger partial charge < -0.3 is 5.32 Å². The monoisotopic (exact) mass is 371 g/mol. The van der Waals surface area contributed by atoms with Gasteiger partial charge in [-0.25, -0.2) is 0 Å². The third kappa shape index (κ3) is 3.33. The number of anilines is 1. The Morgan fingerprint density at radius 3 is 2.72 bits per heavy atom. The van der Waals surface area contributed by atoms with E-state index in [4.69, 9.17) is 11.6 Å². The molecule has 3 aromatic rings. The van der Waals surface area contributed by atoms with Gasteiger partial charge in [-0.05, 0) is 18.2 Å². The minimum atomic E-state index is -4.79. The fourth-order valence-electron chi connectivity index (χ4n) is 2.26. The third-order valence-electron chi connectivity index (χ3n) is 3.41. The van der Waals surface area contributed by atoms with Crippen molar-refractivity contribution in [1.29, 1.82) is 0 Å². The second-order valence-corrected chi connectivity index (χ2v) is 5.41. The molecule has 1 N–H and O–H groups in total. The summed E-state index contributed by atoms with van der Waals surface area (Å²) in [6.45, 7) is 0.00765. The summed E-state index contributed by atoms with van der Waals surface area (Å²) in [5, 5.41) is 21.0. The van der Waals surface area contributed by atoms with Crippen LogP contribution in [0, 0.1) is 10.1 Å². The molecule has 0 spiro atoms. The Labute approximate surface area is 143 Å². The van der Waals surface area contributed by atoms with Crippen LogP contribution in [0.25, 0.3) is 5.65 Å². The maximum Gasteiger partial charge on any atom is 0.418 e. The van der Waals surface area contributed by atoms with Gasteiger partial charge in [0.05, 0.1) is 22.1 Å². The van der Waals surface area contributed by atoms with Gasteiger partial charge in [0.15, 0.2) is 11.5 Å². The van der Waals surface area contributed by atoms with Crippen molar-refractivity contribution in [1.82, 2.24) is 14.6 Å². The van der Waals surface area contributed by atoms with Crippen molar-refractivity contribution >= 4 is 28.6 Å². The van der Waals surface area contributed by atoms with Gasteiger partial charge in [0.2, 0.25) is 0 Å². The van der Waals surface area contributed by atoms with Crippen LogP contribution in [0.3, 0.4) is 0 Å². The Kier molecular flexibility index (Phi) is 4.21. The Morgan fingerprint density at radius 1 is 1.28 bits per heavy atom. The Balaban J connectivity index is 1.94. The van der Waals surface area contributed by atoms with Crippen LogP contribution >= 0.6 is 11.6 Å². The van der Waals surface area contributed by atoms with E-state index in [0.717, 1.165) is 6.07 Å². The number of alkyl halides is 3. The number of fused-ring (bicyclic) bond motifs is 1. The number of hydrogen-bond acceptors (Lipinski definition) is 5. The average Bonchev–Trinajstić information content (AvgIpc) is 2.94. The first-order valence-electron chi connectivity index (χ1n) is 6.85. The number of nitro groups is 1. The van der Waals surface area contributed by atoms with Crippen molar-refractivity contribution in [3.05, 3.63) is 63.1 Å². The molecule has 7 nitrogen and oxygen atoms in total. The van der Waals surface area contributed by atoms with Gasteiger partial charge in [0.1, 0.15) is 5.69 Å². The van der Waals surface area contributed by atoms with Gasteiger partial charge >= 0.3 is 6.18 Å².